The summed E-state index contributed by atoms with van der Waals surface area (Å²) in [6.45, 7) is -0.887. The van der Waals surface area contributed by atoms with Crippen LogP contribution in [0.3, 0.4) is 0 Å². The summed E-state index contributed by atoms with van der Waals surface area (Å²) in [5, 5.41) is 22.8. The van der Waals surface area contributed by atoms with Gasteiger partial charge >= 0.3 is 13.9 Å². The van der Waals surface area contributed by atoms with Crippen molar-refractivity contribution >= 4 is 36.9 Å². The molecule has 0 spiro atoms. The van der Waals surface area contributed by atoms with Gasteiger partial charge in [0.2, 0.25) is 5.95 Å². The second-order valence-electron chi connectivity index (χ2n) is 8.23. The van der Waals surface area contributed by atoms with Gasteiger partial charge in [0, 0.05) is 12.8 Å². The number of aromatic nitrogens is 4. The number of fused-ring (bicyclic) bond motifs is 1. The van der Waals surface area contributed by atoms with Gasteiger partial charge in [-0.2, -0.15) is 9.98 Å². The molecule has 2 aliphatic heterocycles. The molecule has 1 unspecified atom stereocenters. The van der Waals surface area contributed by atoms with Crippen molar-refractivity contribution in [2.24, 2.45) is 16.5 Å². The molecule has 7 atom stereocenters. The lowest BCUT2D eigenvalue weighted by Gasteiger charge is -2.33. The number of nitrogens with two attached hydrogens (primary N) is 3. The summed E-state index contributed by atoms with van der Waals surface area (Å²) in [5.74, 6) is -0.618. The van der Waals surface area contributed by atoms with Gasteiger partial charge in [-0.1, -0.05) is 0 Å². The second-order valence-corrected chi connectivity index (χ2v) is 9.63. The molecule has 2 aliphatic rings. The first-order valence-corrected chi connectivity index (χ1v) is 12.3. The molecule has 0 radical (unpaired) electrons. The summed E-state index contributed by atoms with van der Waals surface area (Å²) in [7, 11) is -4.77. The average molecular weight is 547 g/mol. The molecule has 0 bridgehead atoms. The van der Waals surface area contributed by atoms with Crippen LogP contribution >= 0.6 is 7.82 Å². The van der Waals surface area contributed by atoms with Gasteiger partial charge in [-0.05, 0) is 0 Å². The van der Waals surface area contributed by atoms with E-state index in [4.69, 9.17) is 35.7 Å². The highest BCUT2D eigenvalue weighted by Gasteiger charge is 2.41. The maximum absolute atomic E-state index is 12.5. The summed E-state index contributed by atoms with van der Waals surface area (Å²) in [6, 6.07) is -0.918. The Morgan fingerprint density at radius 3 is 2.84 bits per heavy atom. The number of aliphatic imine (C=N–C) groups is 1. The number of aromatic amines is 1. The predicted molar refractivity (Wildman–Crippen MR) is 122 cm³/mol. The van der Waals surface area contributed by atoms with Crippen LogP contribution in [0, 0.1) is 0 Å². The van der Waals surface area contributed by atoms with E-state index in [1.165, 1.54) is 10.9 Å². The molecule has 0 aliphatic carbocycles. The standard InChI is InChI=1S/C17H26N9O10P/c18-15(19)25-17(30)22-10-2-8(7(28)3-33-10)36-37(31,32)34-4-9-6(27)1-11(35-9)26-5-21-12-13(26)23-16(20)24-14(12)29/h5-11,27-28H,1-4H2,(H,31,32)(H3,20,23,24,29)(H5,18,19,22,25,30)/t6-,7+,8-,9+,10+,11+/m0/s1. The Labute approximate surface area is 207 Å². The van der Waals surface area contributed by atoms with Crippen molar-refractivity contribution in [1.82, 2.24) is 24.8 Å². The van der Waals surface area contributed by atoms with Crippen molar-refractivity contribution in [2.75, 3.05) is 18.9 Å². The Morgan fingerprint density at radius 1 is 1.35 bits per heavy atom. The predicted octanol–water partition coefficient (Wildman–Crippen LogP) is -3.06. The molecule has 2 fully saturated rings. The number of rotatable bonds is 7. The van der Waals surface area contributed by atoms with E-state index in [9.17, 15) is 29.3 Å². The molecule has 20 heteroatoms. The molecule has 204 valence electrons. The molecule has 2 aromatic rings. The summed E-state index contributed by atoms with van der Waals surface area (Å²) >= 11 is 0. The van der Waals surface area contributed by atoms with Crippen LogP contribution < -0.4 is 28.1 Å². The SMILES string of the molecule is NC(N)=NC(=O)N[C@H]1C[C@H](OP(=O)(O)OC[C@H]2O[C@@H](n3cnc4c(=O)[nH]c(N)nc43)C[C@@H]2O)[C@H](O)CO1. The van der Waals surface area contributed by atoms with Gasteiger partial charge in [0.15, 0.2) is 17.1 Å². The fraction of sp³-hybridized carbons (Fsp3) is 0.588. The Morgan fingerprint density at radius 2 is 2.11 bits per heavy atom. The highest BCUT2D eigenvalue weighted by Crippen LogP contribution is 2.47. The maximum atomic E-state index is 12.5. The minimum absolute atomic E-state index is 0.0167. The number of guanidine groups is 1. The van der Waals surface area contributed by atoms with Crippen molar-refractivity contribution < 1.29 is 43.0 Å². The molecule has 11 N–H and O–H groups in total. The third-order valence-corrected chi connectivity index (χ3v) is 6.51. The van der Waals surface area contributed by atoms with E-state index in [-0.39, 0.29) is 36.6 Å². The number of carbonyl (C=O) groups is 1. The number of aliphatic hydroxyl groups excluding tert-OH is 2. The van der Waals surface area contributed by atoms with Crippen molar-refractivity contribution in [3.63, 3.8) is 0 Å². The minimum atomic E-state index is -4.77. The van der Waals surface area contributed by atoms with Gasteiger partial charge in [-0.3, -0.25) is 23.4 Å². The van der Waals surface area contributed by atoms with Gasteiger partial charge < -0.3 is 47.1 Å². The Bertz CT molecular complexity index is 1280. The monoisotopic (exact) mass is 547 g/mol. The fourth-order valence-corrected chi connectivity index (χ4v) is 4.78. The zero-order valence-corrected chi connectivity index (χ0v) is 19.9. The Balaban J connectivity index is 1.34. The third kappa shape index (κ3) is 6.40. The number of carbonyl (C=O) groups excluding carboxylic acids is 1. The van der Waals surface area contributed by atoms with Gasteiger partial charge in [0.05, 0.1) is 25.6 Å². The van der Waals surface area contributed by atoms with Crippen LogP contribution in [-0.4, -0.2) is 90.5 Å². The van der Waals surface area contributed by atoms with E-state index in [0.29, 0.717) is 0 Å². The number of aliphatic hydroxyl groups is 2. The quantitative estimate of drug-likeness (QED) is 0.0969. The molecule has 19 nitrogen and oxygen atoms in total. The van der Waals surface area contributed by atoms with Crippen LogP contribution in [0.2, 0.25) is 0 Å². The number of hydrogen-bond acceptors (Lipinski definition) is 12. The third-order valence-electron chi connectivity index (χ3n) is 5.49. The molecule has 2 amide bonds. The summed E-state index contributed by atoms with van der Waals surface area (Å²) in [6.07, 6.45) is -5.50. The Hall–Kier alpha value is -3.16. The lowest BCUT2D eigenvalue weighted by molar-refractivity contribution is -0.125. The number of phosphoric ester groups is 1. The molecule has 0 aromatic carbocycles. The van der Waals surface area contributed by atoms with E-state index in [1.54, 1.807) is 0 Å². The van der Waals surface area contributed by atoms with Gasteiger partial charge in [-0.25, -0.2) is 14.3 Å². The van der Waals surface area contributed by atoms with Crippen LogP contribution in [0.1, 0.15) is 19.1 Å². The first-order valence-electron chi connectivity index (χ1n) is 10.8. The van der Waals surface area contributed by atoms with E-state index >= 15 is 0 Å². The number of nitrogens with zero attached hydrogens (tertiary/aromatic N) is 4. The van der Waals surface area contributed by atoms with Crippen LogP contribution in [0.5, 0.6) is 0 Å². The van der Waals surface area contributed by atoms with Gasteiger partial charge in [0.25, 0.3) is 5.56 Å². The van der Waals surface area contributed by atoms with Crippen LogP contribution in [-0.2, 0) is 23.1 Å². The molecular weight excluding hydrogens is 521 g/mol. The number of ether oxygens (including phenoxy) is 2. The molecule has 37 heavy (non-hydrogen) atoms. The number of hydrogen-bond donors (Lipinski definition) is 8. The van der Waals surface area contributed by atoms with E-state index in [2.05, 4.69) is 25.3 Å². The number of nitrogens with one attached hydrogen (secondary N) is 2. The number of urea groups is 1. The zero-order valence-electron chi connectivity index (χ0n) is 19.0. The van der Waals surface area contributed by atoms with Crippen molar-refractivity contribution in [3.8, 4) is 0 Å². The molecule has 4 rings (SSSR count). The topological polar surface area (TPSA) is 298 Å². The number of imidazole rings is 1. The normalized spacial score (nSPS) is 29.6. The number of H-pyrrole nitrogens is 1. The lowest BCUT2D eigenvalue weighted by atomic mass is 10.1. The van der Waals surface area contributed by atoms with Crippen LogP contribution in [0.15, 0.2) is 16.1 Å². The van der Waals surface area contributed by atoms with E-state index in [0.717, 1.165) is 0 Å². The van der Waals surface area contributed by atoms with Crippen molar-refractivity contribution in [2.45, 2.75) is 49.7 Å². The number of amides is 2. The number of phosphoric acid groups is 1. The van der Waals surface area contributed by atoms with E-state index < -0.39 is 68.9 Å². The summed E-state index contributed by atoms with van der Waals surface area (Å²) in [4.78, 5) is 47.4. The van der Waals surface area contributed by atoms with Crippen molar-refractivity contribution in [3.05, 3.63) is 16.7 Å². The fourth-order valence-electron chi connectivity index (χ4n) is 3.82. The highest BCUT2D eigenvalue weighted by atomic mass is 31.2. The average Bonchev–Trinajstić information content (AvgIpc) is 3.37. The van der Waals surface area contributed by atoms with Gasteiger partial charge in [0.1, 0.15) is 30.8 Å². The van der Waals surface area contributed by atoms with Crippen molar-refractivity contribution in [1.29, 1.82) is 0 Å². The number of anilines is 1. The smallest absolute Gasteiger partial charge is 0.390 e. The minimum Gasteiger partial charge on any atom is -0.390 e. The highest BCUT2D eigenvalue weighted by molar-refractivity contribution is 7.47. The largest absolute Gasteiger partial charge is 0.472 e. The maximum Gasteiger partial charge on any atom is 0.472 e. The molecular formula is C17H26N9O10P. The number of nitrogen functional groups attached to an aromatic ring is 1. The molecule has 4 heterocycles. The second kappa shape index (κ2) is 10.7. The van der Waals surface area contributed by atoms with E-state index in [1.807, 2.05) is 0 Å². The zero-order chi connectivity index (χ0) is 26.9. The van der Waals surface area contributed by atoms with Crippen LogP contribution in [0.25, 0.3) is 11.2 Å². The molecule has 2 aromatic heterocycles. The molecule has 2 saturated heterocycles. The van der Waals surface area contributed by atoms with Gasteiger partial charge in [-0.15, -0.1) is 0 Å². The first-order chi connectivity index (χ1) is 17.4. The Kier molecular flexibility index (Phi) is 7.76. The summed E-state index contributed by atoms with van der Waals surface area (Å²) in [5.41, 5.74) is 15.4. The lowest BCUT2D eigenvalue weighted by Crippen LogP contribution is -2.49. The first kappa shape index (κ1) is 26.9. The summed E-state index contributed by atoms with van der Waals surface area (Å²) < 4.78 is 34.9. The molecule has 0 saturated carbocycles. The van der Waals surface area contributed by atoms with Crippen LogP contribution in [0.4, 0.5) is 10.7 Å².